The van der Waals surface area contributed by atoms with Gasteiger partial charge >= 0.3 is 5.97 Å². The molecule has 0 atom stereocenters. The second kappa shape index (κ2) is 5.84. The molecule has 0 unspecified atom stereocenters. The Morgan fingerprint density at radius 2 is 1.95 bits per heavy atom. The smallest absolute Gasteiger partial charge is 0.335 e. The summed E-state index contributed by atoms with van der Waals surface area (Å²) in [4.78, 5) is 23.0. The van der Waals surface area contributed by atoms with Gasteiger partial charge in [0.1, 0.15) is 5.82 Å². The first-order valence-corrected chi connectivity index (χ1v) is 7.16. The molecule has 0 radical (unpaired) electrons. The van der Waals surface area contributed by atoms with Crippen LogP contribution in [-0.2, 0) is 0 Å². The summed E-state index contributed by atoms with van der Waals surface area (Å²) in [5, 5.41) is 11.7. The third kappa shape index (κ3) is 3.60. The van der Waals surface area contributed by atoms with Crippen LogP contribution in [0.25, 0.3) is 0 Å². The average molecular weight is 293 g/mol. The lowest BCUT2D eigenvalue weighted by molar-refractivity contribution is 0.0695. The van der Waals surface area contributed by atoms with Gasteiger partial charge in [-0.25, -0.2) is 9.18 Å². The van der Waals surface area contributed by atoms with Gasteiger partial charge in [0, 0.05) is 5.54 Å². The number of benzene rings is 1. The predicted octanol–water partition coefficient (Wildman–Crippen LogP) is 3.22. The summed E-state index contributed by atoms with van der Waals surface area (Å²) >= 11 is 0. The van der Waals surface area contributed by atoms with Gasteiger partial charge in [-0.15, -0.1) is 0 Å². The normalized spacial score (nSPS) is 25.4. The molecule has 4 nitrogen and oxygen atoms in total. The van der Waals surface area contributed by atoms with Crippen molar-refractivity contribution in [1.29, 1.82) is 0 Å². The van der Waals surface area contributed by atoms with Gasteiger partial charge in [-0.2, -0.15) is 0 Å². The van der Waals surface area contributed by atoms with Crippen molar-refractivity contribution >= 4 is 11.9 Å². The van der Waals surface area contributed by atoms with Crippen LogP contribution in [0.4, 0.5) is 4.39 Å². The average Bonchev–Trinajstić information content (AvgIpc) is 2.42. The molecule has 1 aliphatic carbocycles. The molecule has 0 saturated heterocycles. The van der Waals surface area contributed by atoms with E-state index in [1.54, 1.807) is 0 Å². The second-order valence-electron chi connectivity index (χ2n) is 6.20. The second-order valence-corrected chi connectivity index (χ2v) is 6.20. The Hall–Kier alpha value is -1.91. The highest BCUT2D eigenvalue weighted by atomic mass is 19.1. The minimum atomic E-state index is -1.21. The number of carbonyl (C=O) groups excluding carboxylic acids is 1. The lowest BCUT2D eigenvalue weighted by Gasteiger charge is -2.37. The molecule has 1 aliphatic rings. The van der Waals surface area contributed by atoms with E-state index in [1.165, 1.54) is 12.1 Å². The van der Waals surface area contributed by atoms with Gasteiger partial charge in [-0.3, -0.25) is 4.79 Å². The highest BCUT2D eigenvalue weighted by Gasteiger charge is 2.31. The number of nitrogens with one attached hydrogen (secondary N) is 1. The number of hydrogen-bond acceptors (Lipinski definition) is 2. The quantitative estimate of drug-likeness (QED) is 0.899. The third-order valence-electron chi connectivity index (χ3n) is 4.25. The fourth-order valence-corrected chi connectivity index (χ4v) is 2.70. The van der Waals surface area contributed by atoms with Crippen LogP contribution in [0.3, 0.4) is 0 Å². The molecule has 0 aliphatic heterocycles. The minimum Gasteiger partial charge on any atom is -0.478 e. The zero-order valence-electron chi connectivity index (χ0n) is 12.3. The van der Waals surface area contributed by atoms with E-state index in [-0.39, 0.29) is 16.7 Å². The summed E-state index contributed by atoms with van der Waals surface area (Å²) in [7, 11) is 0. The standard InChI is InChI=1S/C16H20FNO3/c1-10-5-7-16(2,8-6-10)18-14(19)12-4-3-11(15(20)21)9-13(12)17/h3-4,9-10H,5-8H2,1-2H3,(H,18,19)(H,20,21). The first-order chi connectivity index (χ1) is 9.81. The highest BCUT2D eigenvalue weighted by Crippen LogP contribution is 2.31. The minimum absolute atomic E-state index is 0.111. The topological polar surface area (TPSA) is 66.4 Å². The van der Waals surface area contributed by atoms with E-state index in [0.717, 1.165) is 31.7 Å². The number of rotatable bonds is 3. The van der Waals surface area contributed by atoms with E-state index in [4.69, 9.17) is 5.11 Å². The van der Waals surface area contributed by atoms with Gasteiger partial charge < -0.3 is 10.4 Å². The summed E-state index contributed by atoms with van der Waals surface area (Å²) in [6.07, 6.45) is 3.82. The molecule has 0 spiro atoms. The largest absolute Gasteiger partial charge is 0.478 e. The van der Waals surface area contributed by atoms with E-state index >= 15 is 0 Å². The number of carbonyl (C=O) groups is 2. The van der Waals surface area contributed by atoms with Crippen molar-refractivity contribution in [1.82, 2.24) is 5.32 Å². The molecule has 0 heterocycles. The van der Waals surface area contributed by atoms with Crippen LogP contribution < -0.4 is 5.32 Å². The summed E-state index contributed by atoms with van der Waals surface area (Å²) in [6, 6.07) is 3.34. The van der Waals surface area contributed by atoms with Crippen LogP contribution in [0, 0.1) is 11.7 Å². The molecule has 2 rings (SSSR count). The van der Waals surface area contributed by atoms with E-state index < -0.39 is 17.7 Å². The van der Waals surface area contributed by atoms with Crippen molar-refractivity contribution in [3.05, 3.63) is 35.1 Å². The molecule has 1 amide bonds. The van der Waals surface area contributed by atoms with Crippen LogP contribution in [0.1, 0.15) is 60.2 Å². The summed E-state index contributed by atoms with van der Waals surface area (Å²) in [5.74, 6) is -1.85. The maximum Gasteiger partial charge on any atom is 0.335 e. The molecule has 114 valence electrons. The molecular weight excluding hydrogens is 273 g/mol. The van der Waals surface area contributed by atoms with Gasteiger partial charge in [-0.05, 0) is 56.7 Å². The summed E-state index contributed by atoms with van der Waals surface area (Å²) in [5.41, 5.74) is -0.594. The Balaban J connectivity index is 2.12. The first-order valence-electron chi connectivity index (χ1n) is 7.16. The molecule has 2 N–H and O–H groups in total. The fourth-order valence-electron chi connectivity index (χ4n) is 2.70. The van der Waals surface area contributed by atoms with Crippen LogP contribution in [0.2, 0.25) is 0 Å². The van der Waals surface area contributed by atoms with Gasteiger partial charge in [0.05, 0.1) is 11.1 Å². The van der Waals surface area contributed by atoms with Crippen LogP contribution >= 0.6 is 0 Å². The van der Waals surface area contributed by atoms with Gasteiger partial charge in [-0.1, -0.05) is 6.92 Å². The fraction of sp³-hybridized carbons (Fsp3) is 0.500. The number of carboxylic acid groups (broad SMARTS) is 1. The maximum absolute atomic E-state index is 13.9. The van der Waals surface area contributed by atoms with Crippen molar-refractivity contribution in [3.63, 3.8) is 0 Å². The Labute approximate surface area is 123 Å². The molecule has 1 aromatic carbocycles. The number of amides is 1. The Morgan fingerprint density at radius 3 is 2.48 bits per heavy atom. The van der Waals surface area contributed by atoms with Gasteiger partial charge in [0.15, 0.2) is 0 Å². The van der Waals surface area contributed by atoms with Crippen LogP contribution in [-0.4, -0.2) is 22.5 Å². The molecule has 1 saturated carbocycles. The van der Waals surface area contributed by atoms with Crippen molar-refractivity contribution < 1.29 is 19.1 Å². The maximum atomic E-state index is 13.9. The van der Waals surface area contributed by atoms with Crippen molar-refractivity contribution in [2.45, 2.75) is 45.1 Å². The van der Waals surface area contributed by atoms with Crippen molar-refractivity contribution in [2.24, 2.45) is 5.92 Å². The van der Waals surface area contributed by atoms with E-state index in [0.29, 0.717) is 5.92 Å². The Morgan fingerprint density at radius 1 is 1.33 bits per heavy atom. The number of hydrogen-bond donors (Lipinski definition) is 2. The molecule has 5 heteroatoms. The van der Waals surface area contributed by atoms with Crippen LogP contribution in [0.15, 0.2) is 18.2 Å². The molecule has 21 heavy (non-hydrogen) atoms. The zero-order valence-corrected chi connectivity index (χ0v) is 12.3. The Kier molecular flexibility index (Phi) is 4.30. The number of aromatic carboxylic acids is 1. The van der Waals surface area contributed by atoms with E-state index in [2.05, 4.69) is 12.2 Å². The third-order valence-corrected chi connectivity index (χ3v) is 4.25. The monoisotopic (exact) mass is 293 g/mol. The van der Waals surface area contributed by atoms with Crippen molar-refractivity contribution in [2.75, 3.05) is 0 Å². The van der Waals surface area contributed by atoms with Gasteiger partial charge in [0.2, 0.25) is 0 Å². The summed E-state index contributed by atoms with van der Waals surface area (Å²) in [6.45, 7) is 4.16. The van der Waals surface area contributed by atoms with E-state index in [1.807, 2.05) is 6.92 Å². The highest BCUT2D eigenvalue weighted by molar-refractivity contribution is 5.96. The predicted molar refractivity (Wildman–Crippen MR) is 76.9 cm³/mol. The van der Waals surface area contributed by atoms with Crippen LogP contribution in [0.5, 0.6) is 0 Å². The van der Waals surface area contributed by atoms with E-state index in [9.17, 15) is 14.0 Å². The lowest BCUT2D eigenvalue weighted by atomic mass is 9.78. The van der Waals surface area contributed by atoms with Gasteiger partial charge in [0.25, 0.3) is 5.91 Å². The molecular formula is C16H20FNO3. The number of halogens is 1. The Bertz CT molecular complexity index is 563. The molecule has 1 aromatic rings. The molecule has 1 fully saturated rings. The summed E-state index contributed by atoms with van der Waals surface area (Å²) < 4.78 is 13.9. The number of carboxylic acids is 1. The lowest BCUT2D eigenvalue weighted by Crippen LogP contribution is -2.48. The molecule has 0 aromatic heterocycles. The SMILES string of the molecule is CC1CCC(C)(NC(=O)c2ccc(C(=O)O)cc2F)CC1. The first kappa shape index (κ1) is 15.5. The van der Waals surface area contributed by atoms with Crippen molar-refractivity contribution in [3.8, 4) is 0 Å². The zero-order chi connectivity index (χ0) is 15.6. The molecule has 0 bridgehead atoms.